The minimum absolute atomic E-state index is 0.0619. The molecule has 0 saturated heterocycles. The summed E-state index contributed by atoms with van der Waals surface area (Å²) in [5.74, 6) is -0.466. The fraction of sp³-hybridized carbons (Fsp3) is 0.214. The van der Waals surface area contributed by atoms with Crippen molar-refractivity contribution in [3.05, 3.63) is 47.4 Å². The van der Waals surface area contributed by atoms with Gasteiger partial charge in [-0.05, 0) is 11.1 Å². The van der Waals surface area contributed by atoms with Gasteiger partial charge >= 0.3 is 0 Å². The molecule has 0 aliphatic rings. The molecule has 0 bridgehead atoms. The molecule has 0 atom stereocenters. The van der Waals surface area contributed by atoms with Gasteiger partial charge in [0.2, 0.25) is 11.8 Å². The number of aromatic nitrogens is 2. The van der Waals surface area contributed by atoms with E-state index in [0.29, 0.717) is 19.0 Å². The van der Waals surface area contributed by atoms with Gasteiger partial charge < -0.3 is 21.1 Å². The lowest BCUT2D eigenvalue weighted by Crippen LogP contribution is -2.29. The Bertz CT molecular complexity index is 646. The van der Waals surface area contributed by atoms with Gasteiger partial charge in [-0.25, -0.2) is 4.98 Å². The van der Waals surface area contributed by atoms with Crippen molar-refractivity contribution in [1.82, 2.24) is 15.3 Å². The largest absolute Gasteiger partial charge is 0.479 e. The van der Waals surface area contributed by atoms with Crippen molar-refractivity contribution in [2.24, 2.45) is 5.73 Å². The molecular formula is C14H17FN6O. The molecule has 0 saturated carbocycles. The van der Waals surface area contributed by atoms with Crippen LogP contribution in [0.3, 0.4) is 0 Å². The lowest BCUT2D eigenvalue weighted by molar-refractivity contribution is 0.368. The predicted molar refractivity (Wildman–Crippen MR) is 81.1 cm³/mol. The van der Waals surface area contributed by atoms with Crippen LogP contribution in [-0.4, -0.2) is 23.0 Å². The number of halogens is 1. The van der Waals surface area contributed by atoms with E-state index >= 15 is 0 Å². The first-order valence-corrected chi connectivity index (χ1v) is 6.54. The van der Waals surface area contributed by atoms with Gasteiger partial charge in [0, 0.05) is 13.1 Å². The van der Waals surface area contributed by atoms with Crippen molar-refractivity contribution in [2.75, 3.05) is 12.4 Å². The number of nitrogens with one attached hydrogen (secondary N) is 3. The predicted octanol–water partition coefficient (Wildman–Crippen LogP) is 1.22. The van der Waals surface area contributed by atoms with Gasteiger partial charge in [0.1, 0.15) is 0 Å². The zero-order valence-corrected chi connectivity index (χ0v) is 12.1. The summed E-state index contributed by atoms with van der Waals surface area (Å²) in [5, 5.41) is 12.8. The number of hydrogen-bond donors (Lipinski definition) is 4. The Hall–Kier alpha value is -2.90. The van der Waals surface area contributed by atoms with Crippen molar-refractivity contribution in [3.63, 3.8) is 0 Å². The summed E-state index contributed by atoms with van der Waals surface area (Å²) >= 11 is 0. The number of rotatable bonds is 6. The molecule has 1 heterocycles. The number of nitrogens with zero attached hydrogens (tertiary/aromatic N) is 2. The average Bonchev–Trinajstić information content (AvgIpc) is 2.53. The number of hydrogen-bond acceptors (Lipinski definition) is 5. The van der Waals surface area contributed by atoms with Crippen LogP contribution in [0, 0.1) is 11.2 Å². The Labute approximate surface area is 127 Å². The lowest BCUT2D eigenvalue weighted by atomic mass is 10.1. The Morgan fingerprint density at radius 2 is 1.91 bits per heavy atom. The molecule has 0 spiro atoms. The fourth-order valence-electron chi connectivity index (χ4n) is 1.73. The van der Waals surface area contributed by atoms with E-state index in [1.807, 2.05) is 24.3 Å². The average molecular weight is 304 g/mol. The standard InChI is InChI=1S/C14H17FN6O/c1-22-12-11(15)8-20-14(21-12)19-7-10-4-2-9(3-5-10)6-18-13(16)17/h2-5,8H,6-7H2,1H3,(H4,16,17,18)(H,19,20,21). The maximum absolute atomic E-state index is 13.2. The van der Waals surface area contributed by atoms with Crippen molar-refractivity contribution in [1.29, 1.82) is 5.41 Å². The van der Waals surface area contributed by atoms with E-state index in [-0.39, 0.29) is 11.8 Å². The number of methoxy groups -OCH3 is 1. The smallest absolute Gasteiger partial charge is 0.255 e. The molecule has 0 fully saturated rings. The summed E-state index contributed by atoms with van der Waals surface area (Å²) in [6, 6.07) is 7.73. The van der Waals surface area contributed by atoms with Crippen LogP contribution in [0.4, 0.5) is 10.3 Å². The van der Waals surface area contributed by atoms with E-state index in [1.54, 1.807) is 0 Å². The van der Waals surface area contributed by atoms with Crippen LogP contribution in [0.15, 0.2) is 30.5 Å². The SMILES string of the molecule is COc1nc(NCc2ccc(CNC(=N)N)cc2)ncc1F. The maximum Gasteiger partial charge on any atom is 0.255 e. The molecule has 0 radical (unpaired) electrons. The molecule has 2 rings (SSSR count). The molecule has 0 amide bonds. The second-order valence-corrected chi connectivity index (χ2v) is 4.49. The van der Waals surface area contributed by atoms with Crippen LogP contribution in [0.2, 0.25) is 0 Å². The van der Waals surface area contributed by atoms with E-state index < -0.39 is 5.82 Å². The van der Waals surface area contributed by atoms with Gasteiger partial charge in [-0.3, -0.25) is 5.41 Å². The molecule has 0 unspecified atom stereocenters. The molecule has 7 nitrogen and oxygen atoms in total. The van der Waals surface area contributed by atoms with E-state index in [0.717, 1.165) is 17.3 Å². The molecule has 1 aromatic carbocycles. The summed E-state index contributed by atoms with van der Waals surface area (Å²) in [7, 11) is 1.35. The number of ether oxygens (including phenoxy) is 1. The summed E-state index contributed by atoms with van der Waals surface area (Å²) in [5.41, 5.74) is 7.25. The number of anilines is 1. The zero-order chi connectivity index (χ0) is 15.9. The first-order chi connectivity index (χ1) is 10.6. The van der Waals surface area contributed by atoms with E-state index in [1.165, 1.54) is 7.11 Å². The Kier molecular flexibility index (Phi) is 5.07. The second-order valence-electron chi connectivity index (χ2n) is 4.49. The highest BCUT2D eigenvalue weighted by Gasteiger charge is 2.06. The first-order valence-electron chi connectivity index (χ1n) is 6.54. The van der Waals surface area contributed by atoms with Gasteiger partial charge in [0.25, 0.3) is 5.88 Å². The van der Waals surface area contributed by atoms with Crippen molar-refractivity contribution < 1.29 is 9.13 Å². The summed E-state index contributed by atoms with van der Waals surface area (Å²) in [4.78, 5) is 7.75. The zero-order valence-electron chi connectivity index (χ0n) is 12.1. The van der Waals surface area contributed by atoms with E-state index in [2.05, 4.69) is 20.6 Å². The van der Waals surface area contributed by atoms with Gasteiger partial charge in [-0.2, -0.15) is 9.37 Å². The topological polar surface area (TPSA) is 109 Å². The monoisotopic (exact) mass is 304 g/mol. The van der Waals surface area contributed by atoms with E-state index in [4.69, 9.17) is 15.9 Å². The highest BCUT2D eigenvalue weighted by Crippen LogP contribution is 2.14. The fourth-order valence-corrected chi connectivity index (χ4v) is 1.73. The molecular weight excluding hydrogens is 287 g/mol. The third-order valence-electron chi connectivity index (χ3n) is 2.86. The van der Waals surface area contributed by atoms with Crippen LogP contribution in [0.1, 0.15) is 11.1 Å². The third-order valence-corrected chi connectivity index (χ3v) is 2.86. The third kappa shape index (κ3) is 4.30. The van der Waals surface area contributed by atoms with Gasteiger partial charge in [-0.15, -0.1) is 0 Å². The van der Waals surface area contributed by atoms with Gasteiger partial charge in [-0.1, -0.05) is 24.3 Å². The summed E-state index contributed by atoms with van der Waals surface area (Å²) in [6.45, 7) is 0.997. The molecule has 8 heteroatoms. The van der Waals surface area contributed by atoms with Gasteiger partial charge in [0.05, 0.1) is 13.3 Å². The van der Waals surface area contributed by atoms with Crippen LogP contribution >= 0.6 is 0 Å². The normalized spacial score (nSPS) is 10.1. The number of nitrogens with two attached hydrogens (primary N) is 1. The lowest BCUT2D eigenvalue weighted by Gasteiger charge is -2.08. The molecule has 22 heavy (non-hydrogen) atoms. The van der Waals surface area contributed by atoms with Crippen LogP contribution in [-0.2, 0) is 13.1 Å². The molecule has 0 aliphatic heterocycles. The van der Waals surface area contributed by atoms with Crippen LogP contribution in [0.5, 0.6) is 5.88 Å². The van der Waals surface area contributed by atoms with Crippen LogP contribution < -0.4 is 21.1 Å². The quantitative estimate of drug-likeness (QED) is 0.472. The second kappa shape index (κ2) is 7.21. The minimum Gasteiger partial charge on any atom is -0.479 e. The molecule has 5 N–H and O–H groups in total. The van der Waals surface area contributed by atoms with E-state index in [9.17, 15) is 4.39 Å². The number of benzene rings is 1. The molecule has 1 aromatic heterocycles. The first kappa shape index (κ1) is 15.5. The molecule has 0 aliphatic carbocycles. The highest BCUT2D eigenvalue weighted by molar-refractivity contribution is 5.74. The Morgan fingerprint density at radius 1 is 1.27 bits per heavy atom. The Morgan fingerprint density at radius 3 is 2.50 bits per heavy atom. The van der Waals surface area contributed by atoms with Crippen molar-refractivity contribution >= 4 is 11.9 Å². The highest BCUT2D eigenvalue weighted by atomic mass is 19.1. The van der Waals surface area contributed by atoms with Crippen molar-refractivity contribution in [3.8, 4) is 5.88 Å². The van der Waals surface area contributed by atoms with Gasteiger partial charge in [0.15, 0.2) is 5.96 Å². The minimum atomic E-state index is -0.602. The Balaban J connectivity index is 1.92. The maximum atomic E-state index is 13.2. The number of guanidine groups is 1. The summed E-state index contributed by atoms with van der Waals surface area (Å²) in [6.07, 6.45) is 1.06. The van der Waals surface area contributed by atoms with Crippen molar-refractivity contribution in [2.45, 2.75) is 13.1 Å². The molecule has 2 aromatic rings. The molecule has 116 valence electrons. The summed E-state index contributed by atoms with van der Waals surface area (Å²) < 4.78 is 18.0. The van der Waals surface area contributed by atoms with Crippen LogP contribution in [0.25, 0.3) is 0 Å².